The quantitative estimate of drug-likeness (QED) is 0.111. The highest BCUT2D eigenvalue weighted by Crippen LogP contribution is 2.13. The van der Waals surface area contributed by atoms with Gasteiger partial charge in [0.15, 0.2) is 0 Å². The molecule has 0 aromatic heterocycles. The molecule has 0 N–H and O–H groups in total. The fourth-order valence-electron chi connectivity index (χ4n) is 2.08. The van der Waals surface area contributed by atoms with Crippen LogP contribution >= 0.6 is 22.6 Å². The summed E-state index contributed by atoms with van der Waals surface area (Å²) in [5.74, 6) is -0.135. The molecule has 150 valence electrons. The number of allylic oxidation sites excluding steroid dienone is 3. The first-order valence-electron chi connectivity index (χ1n) is 9.56. The van der Waals surface area contributed by atoms with Crippen molar-refractivity contribution in [1.82, 2.24) is 0 Å². The second-order valence-corrected chi connectivity index (χ2v) is 7.96. The van der Waals surface area contributed by atoms with Crippen LogP contribution in [0.15, 0.2) is 48.6 Å². The third-order valence-electron chi connectivity index (χ3n) is 3.72. The first kappa shape index (κ1) is 27.4. The molecule has 0 heterocycles. The molecule has 0 saturated heterocycles. The van der Waals surface area contributed by atoms with Crippen molar-refractivity contribution < 1.29 is 9.53 Å². The van der Waals surface area contributed by atoms with Gasteiger partial charge in [-0.15, -0.1) is 13.2 Å². The highest BCUT2D eigenvalue weighted by Gasteiger charge is 2.00. The van der Waals surface area contributed by atoms with E-state index in [0.717, 1.165) is 37.7 Å². The minimum atomic E-state index is -0.135. The third-order valence-corrected chi connectivity index (χ3v) is 4.26. The van der Waals surface area contributed by atoms with Gasteiger partial charge in [-0.1, -0.05) is 65.0 Å². The van der Waals surface area contributed by atoms with Gasteiger partial charge < -0.3 is 4.74 Å². The second-order valence-electron chi connectivity index (χ2n) is 6.88. The Balaban J connectivity index is 0. The number of rotatable bonds is 14. The normalized spacial score (nSPS) is 9.69. The summed E-state index contributed by atoms with van der Waals surface area (Å²) in [6.45, 7) is 22.1. The summed E-state index contributed by atoms with van der Waals surface area (Å²) in [5, 5.41) is 0. The number of hydrogen-bond acceptors (Lipinski definition) is 2. The highest BCUT2D eigenvalue weighted by atomic mass is 127. The van der Waals surface area contributed by atoms with Gasteiger partial charge in [-0.2, -0.15) is 0 Å². The van der Waals surface area contributed by atoms with Crippen LogP contribution in [0.25, 0.3) is 0 Å². The molecule has 26 heavy (non-hydrogen) atoms. The van der Waals surface area contributed by atoms with Crippen LogP contribution in [0.4, 0.5) is 0 Å². The molecule has 0 amide bonds. The van der Waals surface area contributed by atoms with E-state index in [9.17, 15) is 4.79 Å². The number of esters is 1. The Labute approximate surface area is 176 Å². The lowest BCUT2D eigenvalue weighted by atomic mass is 10.1. The zero-order valence-corrected chi connectivity index (χ0v) is 19.5. The smallest absolute Gasteiger partial charge is 0.305 e. The summed E-state index contributed by atoms with van der Waals surface area (Å²) in [6.07, 6.45) is 9.10. The van der Waals surface area contributed by atoms with Crippen molar-refractivity contribution in [2.45, 2.75) is 78.6 Å². The minimum Gasteiger partial charge on any atom is -0.465 e. The summed E-state index contributed by atoms with van der Waals surface area (Å²) in [4.78, 5) is 10.8. The van der Waals surface area contributed by atoms with E-state index in [1.807, 2.05) is 6.92 Å². The molecule has 0 atom stereocenters. The molecule has 0 radical (unpaired) electrons. The molecule has 0 aromatic rings. The third kappa shape index (κ3) is 23.2. The van der Waals surface area contributed by atoms with Crippen molar-refractivity contribution in [1.29, 1.82) is 0 Å². The fraction of sp³-hybridized carbons (Fsp3) is 0.609. The SMILES string of the molecule is C=C(C)CCCC(=C)CCI.C=C(C)CCCC(=C)CCOC(=O)CC. The molecule has 3 heteroatoms. The van der Waals surface area contributed by atoms with Crippen LogP contribution in [0.3, 0.4) is 0 Å². The number of alkyl halides is 1. The van der Waals surface area contributed by atoms with Gasteiger partial charge in [-0.3, -0.25) is 4.79 Å². The Hall–Kier alpha value is -0.840. The zero-order chi connectivity index (χ0) is 20.4. The van der Waals surface area contributed by atoms with Crippen molar-refractivity contribution in [3.8, 4) is 0 Å². The molecule has 0 rings (SSSR count). The van der Waals surface area contributed by atoms with Gasteiger partial charge in [0.2, 0.25) is 0 Å². The summed E-state index contributed by atoms with van der Waals surface area (Å²) < 4.78 is 6.17. The number of carbonyl (C=O) groups excluding carboxylic acids is 1. The lowest BCUT2D eigenvalue weighted by Gasteiger charge is -2.06. The van der Waals surface area contributed by atoms with Gasteiger partial charge in [0.05, 0.1) is 6.61 Å². The van der Waals surface area contributed by atoms with Gasteiger partial charge in [0.1, 0.15) is 0 Å². The van der Waals surface area contributed by atoms with Gasteiger partial charge in [0, 0.05) is 17.3 Å². The van der Waals surface area contributed by atoms with E-state index in [2.05, 4.69) is 55.8 Å². The van der Waals surface area contributed by atoms with Crippen LogP contribution in [-0.4, -0.2) is 17.0 Å². The molecule has 0 unspecified atom stereocenters. The average Bonchev–Trinajstić information content (AvgIpc) is 2.54. The van der Waals surface area contributed by atoms with Gasteiger partial charge in [-0.05, 0) is 58.8 Å². The molecule has 0 aliphatic rings. The van der Waals surface area contributed by atoms with Gasteiger partial charge in [-0.25, -0.2) is 0 Å². The molecular weight excluding hydrogens is 435 g/mol. The zero-order valence-electron chi connectivity index (χ0n) is 17.3. The summed E-state index contributed by atoms with van der Waals surface area (Å²) in [7, 11) is 0. The van der Waals surface area contributed by atoms with Gasteiger partial charge >= 0.3 is 5.97 Å². The van der Waals surface area contributed by atoms with Crippen molar-refractivity contribution in [2.75, 3.05) is 11.0 Å². The molecule has 0 fully saturated rings. The maximum atomic E-state index is 10.8. The summed E-state index contributed by atoms with van der Waals surface area (Å²) >= 11 is 2.39. The van der Waals surface area contributed by atoms with Crippen LogP contribution in [0.5, 0.6) is 0 Å². The van der Waals surface area contributed by atoms with E-state index in [1.165, 1.54) is 40.4 Å². The first-order valence-corrected chi connectivity index (χ1v) is 11.1. The fourth-order valence-corrected chi connectivity index (χ4v) is 2.84. The largest absolute Gasteiger partial charge is 0.465 e. The maximum absolute atomic E-state index is 10.8. The molecule has 0 aliphatic carbocycles. The van der Waals surface area contributed by atoms with E-state index in [-0.39, 0.29) is 5.97 Å². The Kier molecular flexibility index (Phi) is 19.9. The summed E-state index contributed by atoms with van der Waals surface area (Å²) in [6, 6.07) is 0. The Bertz CT molecular complexity index is 449. The van der Waals surface area contributed by atoms with Crippen molar-refractivity contribution in [3.05, 3.63) is 48.6 Å². The van der Waals surface area contributed by atoms with Crippen LogP contribution < -0.4 is 0 Å². The monoisotopic (exact) mass is 474 g/mol. The molecule has 0 spiro atoms. The average molecular weight is 474 g/mol. The van der Waals surface area contributed by atoms with E-state index in [4.69, 9.17) is 4.74 Å². The van der Waals surface area contributed by atoms with Crippen molar-refractivity contribution >= 4 is 28.6 Å². The van der Waals surface area contributed by atoms with E-state index < -0.39 is 0 Å². The maximum Gasteiger partial charge on any atom is 0.305 e. The molecule has 0 aromatic carbocycles. The Morgan fingerprint density at radius 2 is 1.27 bits per heavy atom. The summed E-state index contributed by atoms with van der Waals surface area (Å²) in [5.41, 5.74) is 5.04. The molecule has 0 saturated carbocycles. The number of halogens is 1. The van der Waals surface area contributed by atoms with Crippen molar-refractivity contribution in [2.24, 2.45) is 0 Å². The molecule has 2 nitrogen and oxygen atoms in total. The van der Waals surface area contributed by atoms with Crippen LogP contribution in [-0.2, 0) is 9.53 Å². The first-order chi connectivity index (χ1) is 12.2. The van der Waals surface area contributed by atoms with Crippen LogP contribution in [0.2, 0.25) is 0 Å². The Morgan fingerprint density at radius 3 is 1.65 bits per heavy atom. The van der Waals surface area contributed by atoms with Gasteiger partial charge in [0.25, 0.3) is 0 Å². The highest BCUT2D eigenvalue weighted by molar-refractivity contribution is 14.1. The minimum absolute atomic E-state index is 0.135. The Morgan fingerprint density at radius 1 is 0.808 bits per heavy atom. The number of carbonyl (C=O) groups is 1. The lowest BCUT2D eigenvalue weighted by Crippen LogP contribution is -2.04. The van der Waals surface area contributed by atoms with E-state index >= 15 is 0 Å². The van der Waals surface area contributed by atoms with Crippen LogP contribution in [0, 0.1) is 0 Å². The lowest BCUT2D eigenvalue weighted by molar-refractivity contribution is -0.143. The predicted molar refractivity (Wildman–Crippen MR) is 125 cm³/mol. The molecular formula is C23H39IO2. The number of hydrogen-bond donors (Lipinski definition) is 0. The van der Waals surface area contributed by atoms with Crippen LogP contribution in [0.1, 0.15) is 78.6 Å². The standard InChI is InChI=1S/C13H22O2.C10H17I/c1-5-13(14)15-10-9-12(4)8-6-7-11(2)3;1-9(2)5-4-6-10(3)7-8-11/h2,4-10H2,1,3H3;1,3-8H2,2H3. The van der Waals surface area contributed by atoms with Crippen molar-refractivity contribution in [3.63, 3.8) is 0 Å². The topological polar surface area (TPSA) is 26.3 Å². The predicted octanol–water partition coefficient (Wildman–Crippen LogP) is 7.75. The van der Waals surface area contributed by atoms with E-state index in [0.29, 0.717) is 13.0 Å². The molecule has 0 bridgehead atoms. The molecule has 0 aliphatic heterocycles. The number of ether oxygens (including phenoxy) is 1. The van der Waals surface area contributed by atoms with E-state index in [1.54, 1.807) is 6.92 Å². The second kappa shape index (κ2) is 18.9.